The fourth-order valence-corrected chi connectivity index (χ4v) is 1.35. The van der Waals surface area contributed by atoms with Crippen LogP contribution in [-0.2, 0) is 19.0 Å². The molecular weight excluding hydrogens is 208 g/mol. The fourth-order valence-electron chi connectivity index (χ4n) is 1.35. The van der Waals surface area contributed by atoms with Crippen molar-refractivity contribution in [1.29, 1.82) is 0 Å². The zero-order valence-electron chi connectivity index (χ0n) is 8.36. The number of hydrogen-bond acceptors (Lipinski definition) is 7. The Morgan fingerprint density at radius 2 is 1.73 bits per heavy atom. The molecule has 0 saturated carbocycles. The van der Waals surface area contributed by atoms with Crippen molar-refractivity contribution in [1.82, 2.24) is 0 Å². The van der Waals surface area contributed by atoms with Gasteiger partial charge >= 0.3 is 5.97 Å². The normalized spacial score (nSPS) is 41.3. The third-order valence-corrected chi connectivity index (χ3v) is 2.24. The fraction of sp³-hybridized carbons (Fsp3) is 0.875. The first-order valence-electron chi connectivity index (χ1n) is 4.33. The van der Waals surface area contributed by atoms with Crippen molar-refractivity contribution < 1.29 is 34.3 Å². The van der Waals surface area contributed by atoms with Crippen LogP contribution in [0.25, 0.3) is 0 Å². The first-order valence-corrected chi connectivity index (χ1v) is 4.33. The molecule has 1 rings (SSSR count). The minimum atomic E-state index is -1.54. The Morgan fingerprint density at radius 3 is 2.20 bits per heavy atom. The second-order valence-corrected chi connectivity index (χ2v) is 3.16. The monoisotopic (exact) mass is 222 g/mol. The number of rotatable bonds is 2. The maximum Gasteiger partial charge on any atom is 0.337 e. The molecule has 0 radical (unpaired) electrons. The highest BCUT2D eigenvalue weighted by molar-refractivity contribution is 5.75. The van der Waals surface area contributed by atoms with Gasteiger partial charge in [0.15, 0.2) is 12.4 Å². The molecule has 0 amide bonds. The van der Waals surface area contributed by atoms with Gasteiger partial charge in [-0.2, -0.15) is 0 Å². The van der Waals surface area contributed by atoms with Crippen molar-refractivity contribution in [3.63, 3.8) is 0 Å². The van der Waals surface area contributed by atoms with Gasteiger partial charge in [-0.05, 0) is 0 Å². The molecule has 1 fully saturated rings. The maximum atomic E-state index is 11.1. The molecule has 0 bridgehead atoms. The van der Waals surface area contributed by atoms with Crippen LogP contribution in [0.3, 0.4) is 0 Å². The molecule has 1 aliphatic heterocycles. The molecule has 3 N–H and O–H groups in total. The number of aliphatic hydroxyl groups excluding tert-OH is 3. The summed E-state index contributed by atoms with van der Waals surface area (Å²) in [6.07, 6.45) is -7.01. The van der Waals surface area contributed by atoms with Crippen LogP contribution in [0.4, 0.5) is 0 Å². The van der Waals surface area contributed by atoms with Crippen LogP contribution in [0.2, 0.25) is 0 Å². The average molecular weight is 222 g/mol. The molecule has 0 aromatic heterocycles. The molecule has 1 aliphatic rings. The van der Waals surface area contributed by atoms with Crippen molar-refractivity contribution in [3.05, 3.63) is 0 Å². The SMILES string of the molecule is COC(=O)[C@@H]1O[C@H](OC)[C@H](O)[C@@H](O)[C@@H]1O. The molecule has 1 heterocycles. The molecular formula is C8H14O7. The molecule has 0 aromatic rings. The van der Waals surface area contributed by atoms with Gasteiger partial charge in [0, 0.05) is 7.11 Å². The van der Waals surface area contributed by atoms with Gasteiger partial charge in [-0.1, -0.05) is 0 Å². The number of carbonyl (C=O) groups excluding carboxylic acids is 1. The molecule has 5 atom stereocenters. The second kappa shape index (κ2) is 4.86. The number of ether oxygens (including phenoxy) is 3. The van der Waals surface area contributed by atoms with Crippen molar-refractivity contribution >= 4 is 5.97 Å². The van der Waals surface area contributed by atoms with E-state index >= 15 is 0 Å². The quantitative estimate of drug-likeness (QED) is 0.448. The van der Waals surface area contributed by atoms with Gasteiger partial charge in [-0.3, -0.25) is 0 Å². The Kier molecular flexibility index (Phi) is 4.00. The lowest BCUT2D eigenvalue weighted by Gasteiger charge is -2.38. The zero-order chi connectivity index (χ0) is 11.6. The number of aliphatic hydroxyl groups is 3. The van der Waals surface area contributed by atoms with Crippen molar-refractivity contribution in [2.45, 2.75) is 30.7 Å². The van der Waals surface area contributed by atoms with Crippen LogP contribution in [0.15, 0.2) is 0 Å². The summed E-state index contributed by atoms with van der Waals surface area (Å²) >= 11 is 0. The standard InChI is InChI=1S/C8H14O7/c1-13-7(12)6-4(10)3(9)5(11)8(14-2)15-6/h3-6,8-11H,1-2H3/t3-,4-,5+,6+,8-/m0/s1. The van der Waals surface area contributed by atoms with Gasteiger partial charge < -0.3 is 29.5 Å². The topological polar surface area (TPSA) is 105 Å². The summed E-state index contributed by atoms with van der Waals surface area (Å²) in [5.74, 6) is -0.837. The predicted molar refractivity (Wildman–Crippen MR) is 45.7 cm³/mol. The number of carbonyl (C=O) groups is 1. The lowest BCUT2D eigenvalue weighted by Crippen LogP contribution is -2.60. The number of methoxy groups -OCH3 is 2. The van der Waals surface area contributed by atoms with Gasteiger partial charge in [-0.25, -0.2) is 4.79 Å². The van der Waals surface area contributed by atoms with E-state index in [0.717, 1.165) is 7.11 Å². The van der Waals surface area contributed by atoms with Gasteiger partial charge in [0.1, 0.15) is 18.3 Å². The van der Waals surface area contributed by atoms with E-state index in [1.165, 1.54) is 7.11 Å². The van der Waals surface area contributed by atoms with E-state index in [2.05, 4.69) is 4.74 Å². The summed E-state index contributed by atoms with van der Waals surface area (Å²) < 4.78 is 14.0. The molecule has 1 saturated heterocycles. The molecule has 0 unspecified atom stereocenters. The molecule has 88 valence electrons. The third kappa shape index (κ3) is 2.27. The van der Waals surface area contributed by atoms with Crippen molar-refractivity contribution in [2.75, 3.05) is 14.2 Å². The van der Waals surface area contributed by atoms with E-state index in [-0.39, 0.29) is 0 Å². The maximum absolute atomic E-state index is 11.1. The molecule has 15 heavy (non-hydrogen) atoms. The summed E-state index contributed by atoms with van der Waals surface area (Å²) in [6.45, 7) is 0. The van der Waals surface area contributed by atoms with Crippen LogP contribution in [0.1, 0.15) is 0 Å². The molecule has 0 spiro atoms. The predicted octanol–water partition coefficient (Wildman–Crippen LogP) is -2.39. The highest BCUT2D eigenvalue weighted by atomic mass is 16.7. The van der Waals surface area contributed by atoms with Gasteiger partial charge in [0.25, 0.3) is 0 Å². The lowest BCUT2D eigenvalue weighted by molar-refractivity contribution is -0.288. The molecule has 0 aromatic carbocycles. The van der Waals surface area contributed by atoms with E-state index in [4.69, 9.17) is 9.47 Å². The van der Waals surface area contributed by atoms with Crippen molar-refractivity contribution in [3.8, 4) is 0 Å². The van der Waals surface area contributed by atoms with Crippen molar-refractivity contribution in [2.24, 2.45) is 0 Å². The summed E-state index contributed by atoms with van der Waals surface area (Å²) in [5, 5.41) is 28.2. The summed E-state index contributed by atoms with van der Waals surface area (Å²) in [4.78, 5) is 11.1. The Hall–Kier alpha value is -0.730. The summed E-state index contributed by atoms with van der Waals surface area (Å²) in [5.41, 5.74) is 0. The Morgan fingerprint density at radius 1 is 1.13 bits per heavy atom. The van der Waals surface area contributed by atoms with Crippen LogP contribution in [0.5, 0.6) is 0 Å². The molecule has 0 aliphatic carbocycles. The third-order valence-electron chi connectivity index (χ3n) is 2.24. The van der Waals surface area contributed by atoms with Crippen LogP contribution in [-0.4, -0.2) is 66.2 Å². The lowest BCUT2D eigenvalue weighted by atomic mass is 9.99. The van der Waals surface area contributed by atoms with E-state index in [9.17, 15) is 20.1 Å². The number of hydrogen-bond donors (Lipinski definition) is 3. The van der Waals surface area contributed by atoms with Crippen LogP contribution < -0.4 is 0 Å². The largest absolute Gasteiger partial charge is 0.467 e. The van der Waals surface area contributed by atoms with Gasteiger partial charge in [0.2, 0.25) is 0 Å². The Labute approximate surface area is 86.2 Å². The van der Waals surface area contributed by atoms with Gasteiger partial charge in [0.05, 0.1) is 7.11 Å². The van der Waals surface area contributed by atoms with Gasteiger partial charge in [-0.15, -0.1) is 0 Å². The van der Waals surface area contributed by atoms with E-state index in [1.54, 1.807) is 0 Å². The molecule has 7 heteroatoms. The van der Waals surface area contributed by atoms with Crippen LogP contribution in [0, 0.1) is 0 Å². The smallest absolute Gasteiger partial charge is 0.337 e. The van der Waals surface area contributed by atoms with E-state index < -0.39 is 36.7 Å². The number of esters is 1. The van der Waals surface area contributed by atoms with Crippen LogP contribution >= 0.6 is 0 Å². The summed E-state index contributed by atoms with van der Waals surface area (Å²) in [6, 6.07) is 0. The second-order valence-electron chi connectivity index (χ2n) is 3.16. The zero-order valence-corrected chi connectivity index (χ0v) is 8.36. The minimum absolute atomic E-state index is 0.837. The van der Waals surface area contributed by atoms with E-state index in [1.807, 2.05) is 0 Å². The highest BCUT2D eigenvalue weighted by Gasteiger charge is 2.47. The minimum Gasteiger partial charge on any atom is -0.467 e. The first-order chi connectivity index (χ1) is 7.02. The summed E-state index contributed by atoms with van der Waals surface area (Å²) in [7, 11) is 2.37. The highest BCUT2D eigenvalue weighted by Crippen LogP contribution is 2.22. The average Bonchev–Trinajstić information content (AvgIpc) is 2.25. The Bertz CT molecular complexity index is 229. The first kappa shape index (κ1) is 12.3. The Balaban J connectivity index is 2.78. The molecule has 7 nitrogen and oxygen atoms in total. The van der Waals surface area contributed by atoms with E-state index in [0.29, 0.717) is 0 Å².